The molecule has 1 atom stereocenters. The number of aliphatic hydroxyl groups excluding tert-OH is 1. The summed E-state index contributed by atoms with van der Waals surface area (Å²) in [5.41, 5.74) is 1.13. The van der Waals surface area contributed by atoms with Gasteiger partial charge in [-0.1, -0.05) is 32.0 Å². The van der Waals surface area contributed by atoms with Crippen molar-refractivity contribution < 1.29 is 9.84 Å². The zero-order valence-corrected chi connectivity index (χ0v) is 8.16. The zero-order valence-electron chi connectivity index (χ0n) is 8.16. The van der Waals surface area contributed by atoms with Crippen LogP contribution in [0, 0.1) is 0 Å². The van der Waals surface area contributed by atoms with Crippen molar-refractivity contribution in [2.24, 2.45) is 0 Å². The van der Waals surface area contributed by atoms with Gasteiger partial charge in [0.25, 0.3) is 0 Å². The maximum atomic E-state index is 8.93. The van der Waals surface area contributed by atoms with Crippen LogP contribution in [0.15, 0.2) is 24.3 Å². The third-order valence-corrected chi connectivity index (χ3v) is 2.02. The van der Waals surface area contributed by atoms with Gasteiger partial charge in [0, 0.05) is 11.5 Å². The van der Waals surface area contributed by atoms with E-state index in [1.165, 1.54) is 0 Å². The maximum absolute atomic E-state index is 8.93. The van der Waals surface area contributed by atoms with Crippen molar-refractivity contribution in [1.82, 2.24) is 0 Å². The standard InChI is InChI=1S/C9H10O2.C2H6/c10-5-7-6-11-9-4-2-1-3-8(7)9;1-2/h1-4,7,10H,5-6H2;1-2H3/t7-;/m0./s1. The van der Waals surface area contributed by atoms with Gasteiger partial charge in [0.2, 0.25) is 0 Å². The molecule has 2 nitrogen and oxygen atoms in total. The van der Waals surface area contributed by atoms with Gasteiger partial charge in [0.1, 0.15) is 5.75 Å². The second kappa shape index (κ2) is 4.87. The van der Waals surface area contributed by atoms with E-state index in [-0.39, 0.29) is 12.5 Å². The molecule has 1 aliphatic rings. The average Bonchev–Trinajstić information content (AvgIpc) is 2.64. The highest BCUT2D eigenvalue weighted by Gasteiger charge is 2.21. The molecule has 2 rings (SSSR count). The Bertz CT molecular complexity index is 258. The Kier molecular flexibility index (Phi) is 3.77. The number of para-hydroxylation sites is 1. The summed E-state index contributed by atoms with van der Waals surface area (Å²) in [6.07, 6.45) is 0. The average molecular weight is 180 g/mol. The predicted octanol–water partition coefficient (Wildman–Crippen LogP) is 2.18. The highest BCUT2D eigenvalue weighted by atomic mass is 16.5. The summed E-state index contributed by atoms with van der Waals surface area (Å²) in [7, 11) is 0. The molecule has 2 heteroatoms. The maximum Gasteiger partial charge on any atom is 0.123 e. The van der Waals surface area contributed by atoms with Crippen LogP contribution in [0.25, 0.3) is 0 Å². The van der Waals surface area contributed by atoms with E-state index in [0.29, 0.717) is 6.61 Å². The summed E-state index contributed by atoms with van der Waals surface area (Å²) in [6, 6.07) is 7.85. The minimum absolute atomic E-state index is 0.178. The van der Waals surface area contributed by atoms with E-state index < -0.39 is 0 Å². The van der Waals surface area contributed by atoms with Crippen LogP contribution in [-0.4, -0.2) is 18.3 Å². The third kappa shape index (κ3) is 2.01. The summed E-state index contributed by atoms with van der Waals surface area (Å²) in [6.45, 7) is 4.80. The van der Waals surface area contributed by atoms with Crippen molar-refractivity contribution in [2.75, 3.05) is 13.2 Å². The number of rotatable bonds is 1. The molecular weight excluding hydrogens is 164 g/mol. The van der Waals surface area contributed by atoms with Gasteiger partial charge in [-0.3, -0.25) is 0 Å². The molecule has 72 valence electrons. The molecule has 1 aromatic carbocycles. The summed E-state index contributed by atoms with van der Waals surface area (Å²) in [5, 5.41) is 8.93. The van der Waals surface area contributed by atoms with Gasteiger partial charge in [-0.25, -0.2) is 0 Å². The van der Waals surface area contributed by atoms with Gasteiger partial charge in [-0.15, -0.1) is 0 Å². The van der Waals surface area contributed by atoms with Crippen molar-refractivity contribution in [3.8, 4) is 5.75 Å². The largest absolute Gasteiger partial charge is 0.493 e. The first-order valence-corrected chi connectivity index (χ1v) is 4.74. The lowest BCUT2D eigenvalue weighted by Crippen LogP contribution is -2.04. The predicted molar refractivity (Wildman–Crippen MR) is 53.1 cm³/mol. The molecule has 0 spiro atoms. The van der Waals surface area contributed by atoms with Crippen LogP contribution < -0.4 is 4.74 Å². The molecule has 13 heavy (non-hydrogen) atoms. The lowest BCUT2D eigenvalue weighted by atomic mass is 10.0. The Hall–Kier alpha value is -1.02. The molecule has 0 aliphatic carbocycles. The fraction of sp³-hybridized carbons (Fsp3) is 0.455. The zero-order chi connectivity index (χ0) is 9.68. The van der Waals surface area contributed by atoms with E-state index in [2.05, 4.69) is 0 Å². The van der Waals surface area contributed by atoms with E-state index >= 15 is 0 Å². The van der Waals surface area contributed by atoms with Crippen molar-refractivity contribution in [2.45, 2.75) is 19.8 Å². The summed E-state index contributed by atoms with van der Waals surface area (Å²) >= 11 is 0. The quantitative estimate of drug-likeness (QED) is 0.717. The second-order valence-electron chi connectivity index (χ2n) is 2.73. The topological polar surface area (TPSA) is 29.5 Å². The van der Waals surface area contributed by atoms with E-state index in [9.17, 15) is 0 Å². The Balaban J connectivity index is 0.000000396. The van der Waals surface area contributed by atoms with Crippen LogP contribution >= 0.6 is 0 Å². The molecule has 0 unspecified atom stereocenters. The molecule has 1 heterocycles. The Labute approximate surface area is 79.2 Å². The Morgan fingerprint density at radius 3 is 2.77 bits per heavy atom. The van der Waals surface area contributed by atoms with Gasteiger partial charge in [0.05, 0.1) is 13.2 Å². The summed E-state index contributed by atoms with van der Waals surface area (Å²) < 4.78 is 5.34. The number of hydrogen-bond acceptors (Lipinski definition) is 2. The number of fused-ring (bicyclic) bond motifs is 1. The van der Waals surface area contributed by atoms with Crippen molar-refractivity contribution >= 4 is 0 Å². The minimum atomic E-state index is 0.178. The van der Waals surface area contributed by atoms with Gasteiger partial charge in [0.15, 0.2) is 0 Å². The van der Waals surface area contributed by atoms with Crippen LogP contribution in [0.4, 0.5) is 0 Å². The van der Waals surface area contributed by atoms with E-state index in [0.717, 1.165) is 11.3 Å². The fourth-order valence-electron chi connectivity index (χ4n) is 1.38. The van der Waals surface area contributed by atoms with Crippen LogP contribution in [0.5, 0.6) is 5.75 Å². The van der Waals surface area contributed by atoms with Gasteiger partial charge >= 0.3 is 0 Å². The number of benzene rings is 1. The molecule has 0 aromatic heterocycles. The summed E-state index contributed by atoms with van der Waals surface area (Å²) in [5.74, 6) is 1.11. The first-order valence-electron chi connectivity index (χ1n) is 4.74. The number of ether oxygens (including phenoxy) is 1. The van der Waals surface area contributed by atoms with Crippen LogP contribution in [0.2, 0.25) is 0 Å². The van der Waals surface area contributed by atoms with Crippen molar-refractivity contribution in [3.05, 3.63) is 29.8 Å². The molecular formula is C11H16O2. The highest BCUT2D eigenvalue weighted by molar-refractivity contribution is 5.39. The second-order valence-corrected chi connectivity index (χ2v) is 2.73. The molecule has 1 N–H and O–H groups in total. The molecule has 0 saturated carbocycles. The highest BCUT2D eigenvalue weighted by Crippen LogP contribution is 2.32. The van der Waals surface area contributed by atoms with Gasteiger partial charge in [-0.2, -0.15) is 0 Å². The molecule has 0 bridgehead atoms. The molecule has 0 fully saturated rings. The van der Waals surface area contributed by atoms with E-state index in [1.807, 2.05) is 38.1 Å². The molecule has 0 amide bonds. The normalized spacial score (nSPS) is 18.2. The molecule has 1 aliphatic heterocycles. The lowest BCUT2D eigenvalue weighted by Gasteiger charge is -2.01. The van der Waals surface area contributed by atoms with Gasteiger partial charge < -0.3 is 9.84 Å². The first-order chi connectivity index (χ1) is 6.42. The van der Waals surface area contributed by atoms with Crippen molar-refractivity contribution in [3.63, 3.8) is 0 Å². The number of hydrogen-bond donors (Lipinski definition) is 1. The van der Waals surface area contributed by atoms with Crippen molar-refractivity contribution in [1.29, 1.82) is 0 Å². The molecule has 1 aromatic rings. The Morgan fingerprint density at radius 2 is 2.08 bits per heavy atom. The SMILES string of the molecule is CC.OC[C@H]1COc2ccccc21. The summed E-state index contributed by atoms with van der Waals surface area (Å²) in [4.78, 5) is 0. The number of aliphatic hydroxyl groups is 1. The van der Waals surface area contributed by atoms with Crippen LogP contribution in [0.3, 0.4) is 0 Å². The van der Waals surface area contributed by atoms with Gasteiger partial charge in [-0.05, 0) is 6.07 Å². The van der Waals surface area contributed by atoms with Crippen LogP contribution in [-0.2, 0) is 0 Å². The smallest absolute Gasteiger partial charge is 0.123 e. The lowest BCUT2D eigenvalue weighted by molar-refractivity contribution is 0.232. The molecule has 0 saturated heterocycles. The fourth-order valence-corrected chi connectivity index (χ4v) is 1.38. The Morgan fingerprint density at radius 1 is 1.38 bits per heavy atom. The third-order valence-electron chi connectivity index (χ3n) is 2.02. The minimum Gasteiger partial charge on any atom is -0.493 e. The monoisotopic (exact) mass is 180 g/mol. The first kappa shape index (κ1) is 10.1. The van der Waals surface area contributed by atoms with E-state index in [1.54, 1.807) is 0 Å². The van der Waals surface area contributed by atoms with E-state index in [4.69, 9.17) is 9.84 Å². The molecule has 0 radical (unpaired) electrons. The van der Waals surface area contributed by atoms with Crippen LogP contribution in [0.1, 0.15) is 25.3 Å².